The Bertz CT molecular complexity index is 877. The Kier molecular flexibility index (Phi) is 4.60. The van der Waals surface area contributed by atoms with E-state index in [0.717, 1.165) is 24.0 Å². The highest BCUT2D eigenvalue weighted by molar-refractivity contribution is 6.02. The van der Waals surface area contributed by atoms with Crippen molar-refractivity contribution in [3.63, 3.8) is 0 Å². The number of methoxy groups -OCH3 is 2. The van der Waals surface area contributed by atoms with Gasteiger partial charge in [0.2, 0.25) is 5.91 Å². The summed E-state index contributed by atoms with van der Waals surface area (Å²) in [4.78, 5) is 27.8. The summed E-state index contributed by atoms with van der Waals surface area (Å²) in [6.45, 7) is 0.668. The minimum atomic E-state index is -0.380. The third kappa shape index (κ3) is 2.97. The number of amides is 1. The van der Waals surface area contributed by atoms with Gasteiger partial charge in [-0.05, 0) is 36.1 Å². The quantitative estimate of drug-likeness (QED) is 0.779. The van der Waals surface area contributed by atoms with Crippen molar-refractivity contribution in [1.82, 2.24) is 4.90 Å². The van der Waals surface area contributed by atoms with Crippen LogP contribution in [0.1, 0.15) is 40.4 Å². The monoisotopic (exact) mass is 365 g/mol. The Hall–Kier alpha value is -2.82. The van der Waals surface area contributed by atoms with Gasteiger partial charge in [0.25, 0.3) is 0 Å². The summed E-state index contributed by atoms with van der Waals surface area (Å²) in [5.74, 6) is 1.01. The van der Waals surface area contributed by atoms with Crippen molar-refractivity contribution in [2.45, 2.75) is 25.3 Å². The number of hydrogen-bond acceptors (Lipinski definition) is 4. The van der Waals surface area contributed by atoms with E-state index in [1.807, 2.05) is 47.4 Å². The van der Waals surface area contributed by atoms with E-state index in [4.69, 9.17) is 9.47 Å². The number of Topliss-reactive ketones (excluding diaryl/α,β-unsaturated/α-hetero) is 1. The number of aryl methyl sites for hydroxylation is 1. The number of rotatable bonds is 4. The van der Waals surface area contributed by atoms with Crippen molar-refractivity contribution in [1.29, 1.82) is 0 Å². The van der Waals surface area contributed by atoms with Gasteiger partial charge < -0.3 is 14.4 Å². The zero-order valence-electron chi connectivity index (χ0n) is 15.6. The van der Waals surface area contributed by atoms with E-state index >= 15 is 0 Å². The minimum absolute atomic E-state index is 0.0269. The zero-order valence-corrected chi connectivity index (χ0v) is 15.6. The van der Waals surface area contributed by atoms with Gasteiger partial charge in [-0.15, -0.1) is 0 Å². The van der Waals surface area contributed by atoms with Crippen molar-refractivity contribution < 1.29 is 19.1 Å². The smallest absolute Gasteiger partial charge is 0.223 e. The van der Waals surface area contributed by atoms with Crippen molar-refractivity contribution in [2.75, 3.05) is 20.8 Å². The number of carbonyl (C=O) groups excluding carboxylic acids is 2. The van der Waals surface area contributed by atoms with Crippen LogP contribution in [0.5, 0.6) is 11.5 Å². The molecule has 1 fully saturated rings. The molecule has 5 heteroatoms. The van der Waals surface area contributed by atoms with Crippen LogP contribution in [-0.4, -0.2) is 37.4 Å². The first-order chi connectivity index (χ1) is 13.1. The van der Waals surface area contributed by atoms with Gasteiger partial charge in [-0.25, -0.2) is 0 Å². The van der Waals surface area contributed by atoms with Gasteiger partial charge in [0.15, 0.2) is 17.3 Å². The maximum atomic E-state index is 13.2. The lowest BCUT2D eigenvalue weighted by atomic mass is 9.85. The summed E-state index contributed by atoms with van der Waals surface area (Å²) in [5.41, 5.74) is 2.79. The lowest BCUT2D eigenvalue weighted by molar-refractivity contribution is -0.129. The largest absolute Gasteiger partial charge is 0.493 e. The van der Waals surface area contributed by atoms with E-state index < -0.39 is 0 Å². The lowest BCUT2D eigenvalue weighted by Gasteiger charge is -2.27. The number of carbonyl (C=O) groups is 2. The average Bonchev–Trinajstić information content (AvgIpc) is 2.92. The second kappa shape index (κ2) is 7.06. The standard InChI is InChI=1S/C22H23NO4/c1-26-18-11-15-9-6-10-23-20(24)13-17(21(23)16(15)12-19(18)27-2)22(25)14-7-4-3-5-8-14/h3-5,7-8,11-12,17,21H,6,9-10,13H2,1-2H3/t17-,21+/m0/s1. The maximum Gasteiger partial charge on any atom is 0.223 e. The van der Waals surface area contributed by atoms with Crippen LogP contribution < -0.4 is 9.47 Å². The molecule has 2 heterocycles. The van der Waals surface area contributed by atoms with Crippen LogP contribution in [0.3, 0.4) is 0 Å². The van der Waals surface area contributed by atoms with Gasteiger partial charge in [0.05, 0.1) is 26.2 Å². The fraction of sp³-hybridized carbons (Fsp3) is 0.364. The van der Waals surface area contributed by atoms with Crippen LogP contribution in [0.2, 0.25) is 0 Å². The second-order valence-electron chi connectivity index (χ2n) is 7.08. The average molecular weight is 365 g/mol. The highest BCUT2D eigenvalue weighted by Crippen LogP contribution is 2.46. The van der Waals surface area contributed by atoms with Crippen LogP contribution in [-0.2, 0) is 11.2 Å². The molecule has 2 aromatic rings. The molecule has 2 aliphatic rings. The van der Waals surface area contributed by atoms with Crippen LogP contribution in [0.15, 0.2) is 42.5 Å². The lowest BCUT2D eigenvalue weighted by Crippen LogP contribution is -2.30. The molecule has 2 aliphatic heterocycles. The van der Waals surface area contributed by atoms with Crippen LogP contribution in [0.25, 0.3) is 0 Å². The first-order valence-corrected chi connectivity index (χ1v) is 9.27. The van der Waals surface area contributed by atoms with E-state index in [2.05, 4.69) is 0 Å². The molecule has 0 spiro atoms. The molecule has 1 amide bonds. The van der Waals surface area contributed by atoms with Crippen LogP contribution in [0.4, 0.5) is 0 Å². The number of hydrogen-bond donors (Lipinski definition) is 0. The predicted octanol–water partition coefficient (Wildman–Crippen LogP) is 3.42. The molecular weight excluding hydrogens is 342 g/mol. The third-order valence-electron chi connectivity index (χ3n) is 5.64. The number of ether oxygens (including phenoxy) is 2. The van der Waals surface area contributed by atoms with Gasteiger partial charge in [-0.1, -0.05) is 30.3 Å². The fourth-order valence-corrected chi connectivity index (χ4v) is 4.36. The normalized spacial score (nSPS) is 21.3. The molecule has 0 N–H and O–H groups in total. The van der Waals surface area contributed by atoms with E-state index in [9.17, 15) is 9.59 Å². The molecule has 0 aliphatic carbocycles. The van der Waals surface area contributed by atoms with E-state index in [1.165, 1.54) is 0 Å². The van der Waals surface area contributed by atoms with Crippen molar-refractivity contribution in [3.05, 3.63) is 59.2 Å². The Labute approximate surface area is 158 Å². The zero-order chi connectivity index (χ0) is 19.0. The van der Waals surface area contributed by atoms with E-state index in [0.29, 0.717) is 23.6 Å². The molecule has 4 rings (SSSR count). The molecule has 2 atom stereocenters. The molecule has 2 aromatic carbocycles. The third-order valence-corrected chi connectivity index (χ3v) is 5.64. The van der Waals surface area contributed by atoms with Gasteiger partial charge >= 0.3 is 0 Å². The Balaban J connectivity index is 1.81. The first kappa shape index (κ1) is 17.6. The fourth-order valence-electron chi connectivity index (χ4n) is 4.36. The molecular formula is C22H23NO4. The topological polar surface area (TPSA) is 55.8 Å². The minimum Gasteiger partial charge on any atom is -0.493 e. The van der Waals surface area contributed by atoms with Gasteiger partial charge in [-0.3, -0.25) is 9.59 Å². The molecule has 1 saturated heterocycles. The molecule has 140 valence electrons. The number of fused-ring (bicyclic) bond motifs is 3. The number of nitrogens with zero attached hydrogens (tertiary/aromatic N) is 1. The summed E-state index contributed by atoms with van der Waals surface area (Å²) in [6.07, 6.45) is 1.98. The predicted molar refractivity (Wildman–Crippen MR) is 101 cm³/mol. The molecule has 27 heavy (non-hydrogen) atoms. The molecule has 0 saturated carbocycles. The summed E-state index contributed by atoms with van der Waals surface area (Å²) >= 11 is 0. The van der Waals surface area contributed by atoms with E-state index in [-0.39, 0.29) is 30.1 Å². The Morgan fingerprint density at radius 2 is 1.78 bits per heavy atom. The maximum absolute atomic E-state index is 13.2. The first-order valence-electron chi connectivity index (χ1n) is 9.27. The highest BCUT2D eigenvalue weighted by Gasteiger charge is 2.46. The summed E-state index contributed by atoms with van der Waals surface area (Å²) < 4.78 is 10.9. The van der Waals surface area contributed by atoms with Crippen LogP contribution >= 0.6 is 0 Å². The highest BCUT2D eigenvalue weighted by atomic mass is 16.5. The summed E-state index contributed by atoms with van der Waals surface area (Å²) in [6, 6.07) is 12.9. The Morgan fingerprint density at radius 1 is 1.07 bits per heavy atom. The van der Waals surface area contributed by atoms with Crippen molar-refractivity contribution in [2.24, 2.45) is 5.92 Å². The number of ketones is 1. The number of benzene rings is 2. The molecule has 0 unspecified atom stereocenters. The second-order valence-corrected chi connectivity index (χ2v) is 7.08. The summed E-state index contributed by atoms with van der Waals surface area (Å²) in [5, 5.41) is 0. The van der Waals surface area contributed by atoms with Gasteiger partial charge in [-0.2, -0.15) is 0 Å². The van der Waals surface area contributed by atoms with Crippen molar-refractivity contribution in [3.8, 4) is 11.5 Å². The molecule has 0 aromatic heterocycles. The molecule has 0 bridgehead atoms. The molecule has 0 radical (unpaired) electrons. The van der Waals surface area contributed by atoms with Crippen molar-refractivity contribution >= 4 is 11.7 Å². The van der Waals surface area contributed by atoms with Gasteiger partial charge in [0.1, 0.15) is 0 Å². The Morgan fingerprint density at radius 3 is 2.48 bits per heavy atom. The summed E-state index contributed by atoms with van der Waals surface area (Å²) in [7, 11) is 3.22. The van der Waals surface area contributed by atoms with Crippen LogP contribution in [0, 0.1) is 5.92 Å². The van der Waals surface area contributed by atoms with E-state index in [1.54, 1.807) is 14.2 Å². The van der Waals surface area contributed by atoms with Gasteiger partial charge in [0, 0.05) is 18.5 Å². The SMILES string of the molecule is COc1cc2c(cc1OC)[C@@H]1[C@@H](C(=O)c3ccccc3)CC(=O)N1CCC2. The molecule has 5 nitrogen and oxygen atoms in total.